The second-order valence-electron chi connectivity index (χ2n) is 8.29. The van der Waals surface area contributed by atoms with Gasteiger partial charge < -0.3 is 15.6 Å². The Balaban J connectivity index is 2.97. The third-order valence-corrected chi connectivity index (χ3v) is 6.33. The maximum absolute atomic E-state index is 10.2. The molecule has 1 rings (SSSR count). The van der Waals surface area contributed by atoms with E-state index in [1.54, 1.807) is 7.11 Å². The van der Waals surface area contributed by atoms with Crippen molar-refractivity contribution >= 4 is 0 Å². The van der Waals surface area contributed by atoms with Gasteiger partial charge in [0, 0.05) is 12.7 Å². The van der Waals surface area contributed by atoms with E-state index in [0.29, 0.717) is 29.6 Å². The second kappa shape index (κ2) is 10.9. The molecule has 3 heteroatoms. The van der Waals surface area contributed by atoms with Crippen molar-refractivity contribution in [3.8, 4) is 5.75 Å². The van der Waals surface area contributed by atoms with Crippen LogP contribution in [0.4, 0.5) is 0 Å². The van der Waals surface area contributed by atoms with Gasteiger partial charge in [-0.2, -0.15) is 0 Å². The molecule has 0 saturated heterocycles. The molecular formula is C23H41NO2. The topological polar surface area (TPSA) is 55.5 Å². The van der Waals surface area contributed by atoms with Crippen LogP contribution >= 0.6 is 0 Å². The molecular weight excluding hydrogens is 322 g/mol. The van der Waals surface area contributed by atoms with Gasteiger partial charge in [0.15, 0.2) is 0 Å². The number of hydrogen-bond acceptors (Lipinski definition) is 3. The molecule has 0 heterocycles. The lowest BCUT2D eigenvalue weighted by molar-refractivity contribution is 0.153. The Kier molecular flexibility index (Phi) is 9.67. The largest absolute Gasteiger partial charge is 0.508 e. The number of aryl methyl sites for hydroxylation is 1. The van der Waals surface area contributed by atoms with Crippen LogP contribution in [0.1, 0.15) is 89.3 Å². The zero-order chi connectivity index (χ0) is 19.7. The molecule has 0 saturated carbocycles. The first-order valence-electron chi connectivity index (χ1n) is 10.4. The Morgan fingerprint density at radius 2 is 1.81 bits per heavy atom. The lowest BCUT2D eigenvalue weighted by Gasteiger charge is -2.37. The lowest BCUT2D eigenvalue weighted by Crippen LogP contribution is -2.29. The Morgan fingerprint density at radius 1 is 1.12 bits per heavy atom. The SMILES string of the molecule is CCC[C@@H](C)[C@@](C)(CCN)CC[C@@H](C)c1cc(COC)c(O)cc1CC. The van der Waals surface area contributed by atoms with Gasteiger partial charge in [-0.15, -0.1) is 0 Å². The van der Waals surface area contributed by atoms with E-state index in [4.69, 9.17) is 10.5 Å². The van der Waals surface area contributed by atoms with Crippen molar-refractivity contribution in [2.24, 2.45) is 17.1 Å². The number of benzene rings is 1. The molecule has 0 aliphatic carbocycles. The summed E-state index contributed by atoms with van der Waals surface area (Å²) < 4.78 is 5.25. The molecule has 3 N–H and O–H groups in total. The molecule has 0 aliphatic rings. The van der Waals surface area contributed by atoms with Crippen LogP contribution in [0.5, 0.6) is 5.75 Å². The summed E-state index contributed by atoms with van der Waals surface area (Å²) in [6, 6.07) is 4.08. The van der Waals surface area contributed by atoms with Crippen LogP contribution in [-0.4, -0.2) is 18.8 Å². The van der Waals surface area contributed by atoms with Gasteiger partial charge in [0.1, 0.15) is 5.75 Å². The predicted molar refractivity (Wildman–Crippen MR) is 112 cm³/mol. The van der Waals surface area contributed by atoms with Crippen LogP contribution in [0, 0.1) is 11.3 Å². The average molecular weight is 364 g/mol. The van der Waals surface area contributed by atoms with Crippen LogP contribution in [0.3, 0.4) is 0 Å². The molecule has 3 nitrogen and oxygen atoms in total. The minimum atomic E-state index is 0.303. The monoisotopic (exact) mass is 363 g/mol. The van der Waals surface area contributed by atoms with Crippen molar-refractivity contribution in [1.29, 1.82) is 0 Å². The molecule has 0 aromatic heterocycles. The molecule has 1 aromatic carbocycles. The Morgan fingerprint density at radius 3 is 2.35 bits per heavy atom. The van der Waals surface area contributed by atoms with Crippen LogP contribution in [-0.2, 0) is 17.8 Å². The summed E-state index contributed by atoms with van der Waals surface area (Å²) >= 11 is 0. The summed E-state index contributed by atoms with van der Waals surface area (Å²) in [5.41, 5.74) is 9.73. The van der Waals surface area contributed by atoms with Crippen molar-refractivity contribution in [2.75, 3.05) is 13.7 Å². The number of hydrogen-bond donors (Lipinski definition) is 2. The van der Waals surface area contributed by atoms with E-state index in [9.17, 15) is 5.11 Å². The third kappa shape index (κ3) is 5.99. The van der Waals surface area contributed by atoms with E-state index in [-0.39, 0.29) is 0 Å². The number of aromatic hydroxyl groups is 1. The molecule has 0 aliphatic heterocycles. The molecule has 150 valence electrons. The maximum atomic E-state index is 10.2. The summed E-state index contributed by atoms with van der Waals surface area (Å²) in [5, 5.41) is 10.2. The molecule has 0 radical (unpaired) electrons. The highest BCUT2D eigenvalue weighted by atomic mass is 16.5. The number of phenols is 1. The minimum absolute atomic E-state index is 0.303. The van der Waals surface area contributed by atoms with E-state index < -0.39 is 0 Å². The summed E-state index contributed by atoms with van der Waals surface area (Å²) in [7, 11) is 1.67. The number of rotatable bonds is 12. The van der Waals surface area contributed by atoms with Crippen LogP contribution < -0.4 is 5.73 Å². The quantitative estimate of drug-likeness (QED) is 0.495. The summed E-state index contributed by atoms with van der Waals surface area (Å²) in [6.45, 7) is 12.8. The van der Waals surface area contributed by atoms with E-state index in [1.807, 2.05) is 6.07 Å². The highest BCUT2D eigenvalue weighted by Gasteiger charge is 2.30. The van der Waals surface area contributed by atoms with Gasteiger partial charge in [0.25, 0.3) is 0 Å². The average Bonchev–Trinajstić information content (AvgIpc) is 2.61. The van der Waals surface area contributed by atoms with E-state index in [0.717, 1.165) is 31.4 Å². The van der Waals surface area contributed by atoms with Crippen molar-refractivity contribution in [3.05, 3.63) is 28.8 Å². The molecule has 1 aromatic rings. The fourth-order valence-corrected chi connectivity index (χ4v) is 4.16. The van der Waals surface area contributed by atoms with Gasteiger partial charge in [0.05, 0.1) is 6.61 Å². The molecule has 0 fully saturated rings. The second-order valence-corrected chi connectivity index (χ2v) is 8.29. The van der Waals surface area contributed by atoms with Crippen molar-refractivity contribution in [2.45, 2.75) is 85.7 Å². The zero-order valence-corrected chi connectivity index (χ0v) is 17.9. The fourth-order valence-electron chi connectivity index (χ4n) is 4.16. The smallest absolute Gasteiger partial charge is 0.121 e. The molecule has 3 atom stereocenters. The van der Waals surface area contributed by atoms with Gasteiger partial charge in [-0.25, -0.2) is 0 Å². The number of phenolic OH excluding ortho intramolecular Hbond substituents is 1. The van der Waals surface area contributed by atoms with Crippen LogP contribution in [0.15, 0.2) is 12.1 Å². The third-order valence-electron chi connectivity index (χ3n) is 6.33. The molecule has 0 spiro atoms. The van der Waals surface area contributed by atoms with Crippen molar-refractivity contribution in [1.82, 2.24) is 0 Å². The normalized spacial score (nSPS) is 16.3. The van der Waals surface area contributed by atoms with E-state index in [1.165, 1.54) is 30.4 Å². The van der Waals surface area contributed by atoms with Crippen LogP contribution in [0.25, 0.3) is 0 Å². The first-order valence-corrected chi connectivity index (χ1v) is 10.4. The van der Waals surface area contributed by atoms with Gasteiger partial charge in [-0.05, 0) is 72.7 Å². The summed E-state index contributed by atoms with van der Waals surface area (Å²) in [6.07, 6.45) is 6.86. The summed E-state index contributed by atoms with van der Waals surface area (Å²) in [4.78, 5) is 0. The Bertz CT molecular complexity index is 543. The van der Waals surface area contributed by atoms with Crippen molar-refractivity contribution < 1.29 is 9.84 Å². The molecule has 26 heavy (non-hydrogen) atoms. The summed E-state index contributed by atoms with van der Waals surface area (Å²) in [5.74, 6) is 1.51. The van der Waals surface area contributed by atoms with Gasteiger partial charge in [0.2, 0.25) is 0 Å². The zero-order valence-electron chi connectivity index (χ0n) is 17.9. The lowest BCUT2D eigenvalue weighted by atomic mass is 9.69. The first-order chi connectivity index (χ1) is 12.3. The van der Waals surface area contributed by atoms with Gasteiger partial charge in [-0.3, -0.25) is 0 Å². The number of methoxy groups -OCH3 is 1. The first kappa shape index (κ1) is 23.0. The van der Waals surface area contributed by atoms with Crippen molar-refractivity contribution in [3.63, 3.8) is 0 Å². The standard InChI is InChI=1S/C23H41NO2/c1-7-9-18(4)23(5,12-13-24)11-10-17(3)21-14-20(16-26-6)22(25)15-19(21)8-2/h14-15,17-18,25H,7-13,16,24H2,1-6H3/t17-,18-,23-/m1/s1. The molecule has 0 amide bonds. The Hall–Kier alpha value is -1.06. The van der Waals surface area contributed by atoms with Crippen LogP contribution in [0.2, 0.25) is 0 Å². The van der Waals surface area contributed by atoms with Gasteiger partial charge in [-0.1, -0.05) is 47.5 Å². The fraction of sp³-hybridized carbons (Fsp3) is 0.739. The minimum Gasteiger partial charge on any atom is -0.508 e. The molecule has 0 bridgehead atoms. The number of ether oxygens (including phenoxy) is 1. The maximum Gasteiger partial charge on any atom is 0.121 e. The van der Waals surface area contributed by atoms with Gasteiger partial charge >= 0.3 is 0 Å². The Labute approximate surface area is 161 Å². The molecule has 0 unspecified atom stereocenters. The highest BCUT2D eigenvalue weighted by molar-refractivity contribution is 5.43. The predicted octanol–water partition coefficient (Wildman–Crippen LogP) is 5.78. The van der Waals surface area contributed by atoms with E-state index >= 15 is 0 Å². The highest BCUT2D eigenvalue weighted by Crippen LogP contribution is 2.41. The van der Waals surface area contributed by atoms with E-state index in [2.05, 4.69) is 40.7 Å². The number of nitrogens with two attached hydrogens (primary N) is 1.